The third-order valence-electron chi connectivity index (χ3n) is 4.92. The van der Waals surface area contributed by atoms with Gasteiger partial charge in [0.25, 0.3) is 0 Å². The van der Waals surface area contributed by atoms with Crippen LogP contribution in [0.3, 0.4) is 0 Å². The molecule has 1 aliphatic carbocycles. The highest BCUT2D eigenvalue weighted by molar-refractivity contribution is 5.96. The summed E-state index contributed by atoms with van der Waals surface area (Å²) in [5.41, 5.74) is 0.807. The highest BCUT2D eigenvalue weighted by Gasteiger charge is 2.33. The van der Waals surface area contributed by atoms with E-state index < -0.39 is 17.6 Å². The largest absolute Gasteiger partial charge is 0.416 e. The minimum atomic E-state index is -4.43. The highest BCUT2D eigenvalue weighted by Crippen LogP contribution is 2.43. The first-order chi connectivity index (χ1) is 12.9. The number of fused-ring (bicyclic) bond motifs is 2. The fourth-order valence-electron chi connectivity index (χ4n) is 3.50. The summed E-state index contributed by atoms with van der Waals surface area (Å²) in [5, 5.41) is 0.999. The van der Waals surface area contributed by atoms with Crippen LogP contribution in [0.1, 0.15) is 24.4 Å². The molecule has 0 N–H and O–H groups in total. The number of nitrogens with zero attached hydrogens (tertiary/aromatic N) is 3. The minimum absolute atomic E-state index is 0.186. The number of rotatable bonds is 2. The zero-order valence-corrected chi connectivity index (χ0v) is 14.0. The first kappa shape index (κ1) is 16.2. The molecule has 2 heterocycles. The van der Waals surface area contributed by atoms with E-state index in [-0.39, 0.29) is 11.6 Å². The van der Waals surface area contributed by atoms with E-state index in [4.69, 9.17) is 0 Å². The lowest BCUT2D eigenvalue weighted by atomic mass is 10.1. The standard InChI is InChI=1S/C20H13F4N3/c21-16-3-1-2-13-14(16)9-25-10-15(13)19-26-17-8-11(20(22,23)24)4-7-18(17)27(19)12-5-6-12/h1-4,7-10,12H,5-6H2. The van der Waals surface area contributed by atoms with Crippen LogP contribution in [0.25, 0.3) is 33.2 Å². The fourth-order valence-corrected chi connectivity index (χ4v) is 3.50. The topological polar surface area (TPSA) is 30.7 Å². The SMILES string of the molecule is Fc1cccc2c(-c3nc4cc(C(F)(F)F)ccc4n3C3CC3)cncc12. The van der Waals surface area contributed by atoms with Gasteiger partial charge in [-0.1, -0.05) is 12.1 Å². The van der Waals surface area contributed by atoms with Gasteiger partial charge >= 0.3 is 6.18 Å². The van der Waals surface area contributed by atoms with Gasteiger partial charge < -0.3 is 4.57 Å². The number of hydrogen-bond acceptors (Lipinski definition) is 2. The molecule has 0 aliphatic heterocycles. The van der Waals surface area contributed by atoms with Gasteiger partial charge in [-0.3, -0.25) is 4.98 Å². The summed E-state index contributed by atoms with van der Waals surface area (Å²) in [7, 11) is 0. The average Bonchev–Trinajstić information content (AvgIpc) is 3.40. The minimum Gasteiger partial charge on any atom is -0.321 e. The average molecular weight is 371 g/mol. The number of benzene rings is 2. The molecule has 2 aromatic carbocycles. The molecule has 3 nitrogen and oxygen atoms in total. The Hall–Kier alpha value is -2.96. The second-order valence-corrected chi connectivity index (χ2v) is 6.76. The molecule has 5 rings (SSSR count). The molecule has 1 fully saturated rings. The molecule has 0 spiro atoms. The van der Waals surface area contributed by atoms with E-state index >= 15 is 0 Å². The van der Waals surface area contributed by atoms with Gasteiger partial charge in [-0.25, -0.2) is 9.37 Å². The van der Waals surface area contributed by atoms with E-state index in [9.17, 15) is 17.6 Å². The van der Waals surface area contributed by atoms with Gasteiger partial charge in [-0.15, -0.1) is 0 Å². The van der Waals surface area contributed by atoms with Gasteiger partial charge in [0.1, 0.15) is 11.6 Å². The van der Waals surface area contributed by atoms with E-state index in [1.165, 1.54) is 18.3 Å². The number of pyridine rings is 1. The molecule has 27 heavy (non-hydrogen) atoms. The van der Waals surface area contributed by atoms with Gasteiger partial charge in [-0.2, -0.15) is 13.2 Å². The third-order valence-corrected chi connectivity index (χ3v) is 4.92. The van der Waals surface area contributed by atoms with Crippen molar-refractivity contribution in [2.75, 3.05) is 0 Å². The van der Waals surface area contributed by atoms with Crippen LogP contribution in [0.5, 0.6) is 0 Å². The Labute approximate surface area is 151 Å². The van der Waals surface area contributed by atoms with E-state index in [2.05, 4.69) is 9.97 Å². The van der Waals surface area contributed by atoms with E-state index in [1.54, 1.807) is 18.3 Å². The Morgan fingerprint density at radius 3 is 2.56 bits per heavy atom. The molecule has 0 bridgehead atoms. The van der Waals surface area contributed by atoms with Crippen molar-refractivity contribution >= 4 is 21.8 Å². The van der Waals surface area contributed by atoms with Crippen LogP contribution in [0, 0.1) is 5.82 Å². The second kappa shape index (κ2) is 5.52. The summed E-state index contributed by atoms with van der Waals surface area (Å²) in [6.07, 6.45) is 0.479. The van der Waals surface area contributed by atoms with Crippen LogP contribution >= 0.6 is 0 Å². The Morgan fingerprint density at radius 1 is 1.00 bits per heavy atom. The molecule has 7 heteroatoms. The van der Waals surface area contributed by atoms with Crippen LogP contribution in [-0.4, -0.2) is 14.5 Å². The number of aromatic nitrogens is 3. The number of hydrogen-bond donors (Lipinski definition) is 0. The normalized spacial score (nSPS) is 15.0. The Bertz CT molecular complexity index is 1190. The van der Waals surface area contributed by atoms with Crippen molar-refractivity contribution < 1.29 is 17.6 Å². The van der Waals surface area contributed by atoms with Crippen molar-refractivity contribution in [3.05, 3.63) is 60.2 Å². The smallest absolute Gasteiger partial charge is 0.321 e. The zero-order chi connectivity index (χ0) is 18.8. The molecule has 4 aromatic rings. The van der Waals surface area contributed by atoms with Crippen molar-refractivity contribution in [2.24, 2.45) is 0 Å². The van der Waals surface area contributed by atoms with Crippen LogP contribution in [-0.2, 0) is 6.18 Å². The lowest BCUT2D eigenvalue weighted by Gasteiger charge is -2.10. The monoisotopic (exact) mass is 371 g/mol. The maximum atomic E-state index is 14.1. The molecule has 0 radical (unpaired) electrons. The predicted molar refractivity (Wildman–Crippen MR) is 93.7 cm³/mol. The summed E-state index contributed by atoms with van der Waals surface area (Å²) in [4.78, 5) is 8.62. The Morgan fingerprint density at radius 2 is 1.81 bits per heavy atom. The molecular weight excluding hydrogens is 358 g/mol. The molecule has 1 aliphatic rings. The van der Waals surface area contributed by atoms with Gasteiger partial charge in [0.2, 0.25) is 0 Å². The lowest BCUT2D eigenvalue weighted by molar-refractivity contribution is -0.137. The van der Waals surface area contributed by atoms with Crippen LogP contribution in [0.15, 0.2) is 48.8 Å². The molecule has 0 amide bonds. The van der Waals surface area contributed by atoms with Gasteiger partial charge in [0.15, 0.2) is 0 Å². The Kier molecular flexibility index (Phi) is 3.32. The first-order valence-electron chi connectivity index (χ1n) is 8.55. The summed E-state index contributed by atoms with van der Waals surface area (Å²) in [5.74, 6) is 0.130. The van der Waals surface area contributed by atoms with Gasteiger partial charge in [-0.05, 0) is 42.5 Å². The molecular formula is C20H13F4N3. The van der Waals surface area contributed by atoms with Crippen LogP contribution in [0.4, 0.5) is 17.6 Å². The quantitative estimate of drug-likeness (QED) is 0.421. The fraction of sp³-hybridized carbons (Fsp3) is 0.200. The molecule has 136 valence electrons. The molecule has 0 unspecified atom stereocenters. The van der Waals surface area contributed by atoms with Crippen LogP contribution < -0.4 is 0 Å². The summed E-state index contributed by atoms with van der Waals surface area (Å²) < 4.78 is 55.4. The van der Waals surface area contributed by atoms with Crippen molar-refractivity contribution in [3.63, 3.8) is 0 Å². The Balaban J connectivity index is 1.81. The predicted octanol–water partition coefficient (Wildman–Crippen LogP) is 5.74. The van der Waals surface area contributed by atoms with E-state index in [0.29, 0.717) is 27.7 Å². The van der Waals surface area contributed by atoms with Crippen molar-refractivity contribution in [1.82, 2.24) is 14.5 Å². The second-order valence-electron chi connectivity index (χ2n) is 6.76. The molecule has 1 saturated carbocycles. The summed E-state index contributed by atoms with van der Waals surface area (Å²) in [6, 6.07) is 8.52. The summed E-state index contributed by atoms with van der Waals surface area (Å²) in [6.45, 7) is 0. The number of alkyl halides is 3. The van der Waals surface area contributed by atoms with Crippen LogP contribution in [0.2, 0.25) is 0 Å². The van der Waals surface area contributed by atoms with Crippen molar-refractivity contribution in [3.8, 4) is 11.4 Å². The third kappa shape index (κ3) is 2.57. The number of halogens is 4. The highest BCUT2D eigenvalue weighted by atomic mass is 19.4. The zero-order valence-electron chi connectivity index (χ0n) is 14.0. The van der Waals surface area contributed by atoms with E-state index in [1.807, 2.05) is 4.57 Å². The lowest BCUT2D eigenvalue weighted by Crippen LogP contribution is -2.04. The molecule has 0 atom stereocenters. The van der Waals surface area contributed by atoms with Crippen molar-refractivity contribution in [1.29, 1.82) is 0 Å². The van der Waals surface area contributed by atoms with Crippen molar-refractivity contribution in [2.45, 2.75) is 25.1 Å². The summed E-state index contributed by atoms with van der Waals surface area (Å²) >= 11 is 0. The maximum absolute atomic E-state index is 14.1. The molecule has 0 saturated heterocycles. The maximum Gasteiger partial charge on any atom is 0.416 e. The number of imidazole rings is 1. The molecule has 2 aromatic heterocycles. The van der Waals surface area contributed by atoms with E-state index in [0.717, 1.165) is 25.0 Å². The van der Waals surface area contributed by atoms with Gasteiger partial charge in [0, 0.05) is 29.4 Å². The first-order valence-corrected chi connectivity index (χ1v) is 8.55. The van der Waals surface area contributed by atoms with Gasteiger partial charge in [0.05, 0.1) is 16.6 Å².